The van der Waals surface area contributed by atoms with Crippen LogP contribution in [0.4, 0.5) is 0 Å². The Hall–Kier alpha value is -1.14. The van der Waals surface area contributed by atoms with E-state index in [1.54, 1.807) is 0 Å². The molecular weight excluding hydrogens is 348 g/mol. The van der Waals surface area contributed by atoms with Gasteiger partial charge in [-0.3, -0.25) is 9.59 Å². The molecule has 2 aliphatic carbocycles. The Morgan fingerprint density at radius 2 is 1.15 bits per heavy atom. The number of carbonyl (C=O) groups excluding carboxylic acids is 2. The molecule has 4 aliphatic rings. The molecule has 0 spiro atoms. The Kier molecular flexibility index (Phi) is 4.78. The minimum absolute atomic E-state index is 0.0765. The van der Waals surface area contributed by atoms with Gasteiger partial charge in [0.05, 0.1) is 36.3 Å². The molecule has 4 fully saturated rings. The van der Waals surface area contributed by atoms with Gasteiger partial charge in [-0.15, -0.1) is 0 Å². The molecule has 6 nitrogen and oxygen atoms in total. The molecule has 0 bridgehead atoms. The van der Waals surface area contributed by atoms with Crippen molar-refractivity contribution in [2.75, 3.05) is 0 Å². The van der Waals surface area contributed by atoms with Gasteiger partial charge in [0.25, 0.3) is 0 Å². The molecular formula is C21H32O6. The highest BCUT2D eigenvalue weighted by atomic mass is 16.6. The first kappa shape index (κ1) is 19.2. The number of esters is 2. The Balaban J connectivity index is 1.27. The molecule has 0 aromatic carbocycles. The van der Waals surface area contributed by atoms with Crippen molar-refractivity contribution in [3.63, 3.8) is 0 Å². The van der Waals surface area contributed by atoms with Crippen molar-refractivity contribution in [3.05, 3.63) is 0 Å². The fourth-order valence-corrected chi connectivity index (χ4v) is 5.05. The number of fused-ring (bicyclic) bond motifs is 2. The maximum atomic E-state index is 12.6. The average molecular weight is 380 g/mol. The Morgan fingerprint density at radius 1 is 0.741 bits per heavy atom. The summed E-state index contributed by atoms with van der Waals surface area (Å²) in [6, 6.07) is 0. The van der Waals surface area contributed by atoms with Gasteiger partial charge < -0.3 is 18.9 Å². The first-order chi connectivity index (χ1) is 12.6. The van der Waals surface area contributed by atoms with Gasteiger partial charge in [-0.1, -0.05) is 0 Å². The summed E-state index contributed by atoms with van der Waals surface area (Å²) >= 11 is 0. The lowest BCUT2D eigenvalue weighted by Crippen LogP contribution is -2.42. The molecule has 2 saturated carbocycles. The van der Waals surface area contributed by atoms with E-state index in [0.29, 0.717) is 18.6 Å². The Labute approximate surface area is 161 Å². The molecule has 2 heterocycles. The topological polar surface area (TPSA) is 77.7 Å². The van der Waals surface area contributed by atoms with Gasteiger partial charge in [-0.2, -0.15) is 0 Å². The lowest BCUT2D eigenvalue weighted by Gasteiger charge is -2.36. The molecule has 152 valence electrons. The van der Waals surface area contributed by atoms with E-state index in [4.69, 9.17) is 18.9 Å². The molecule has 6 heteroatoms. The number of carbonyl (C=O) groups is 2. The maximum absolute atomic E-state index is 12.6. The molecule has 0 amide bonds. The van der Waals surface area contributed by atoms with Crippen molar-refractivity contribution in [2.45, 2.75) is 108 Å². The number of ether oxygens (including phenoxy) is 4. The quantitative estimate of drug-likeness (QED) is 0.520. The summed E-state index contributed by atoms with van der Waals surface area (Å²) in [5, 5.41) is 0. The summed E-state index contributed by atoms with van der Waals surface area (Å²) in [6.07, 6.45) is 6.80. The fourth-order valence-electron chi connectivity index (χ4n) is 5.05. The van der Waals surface area contributed by atoms with Crippen molar-refractivity contribution in [1.29, 1.82) is 0 Å². The summed E-state index contributed by atoms with van der Waals surface area (Å²) in [4.78, 5) is 25.1. The minimum Gasteiger partial charge on any atom is -0.459 e. The second kappa shape index (κ2) is 6.73. The molecule has 4 rings (SSSR count). The summed E-state index contributed by atoms with van der Waals surface area (Å²) in [7, 11) is 0. The molecule has 6 unspecified atom stereocenters. The SMILES string of the molecule is CC(C)(CC(C)(C)OC(=O)C1CCC2OC2C1)OC(=O)C1CCC2OC2C1. The summed E-state index contributed by atoms with van der Waals surface area (Å²) in [5.41, 5.74) is -1.39. The first-order valence-corrected chi connectivity index (χ1v) is 10.4. The third-order valence-corrected chi connectivity index (χ3v) is 6.28. The van der Waals surface area contributed by atoms with Crippen molar-refractivity contribution < 1.29 is 28.5 Å². The molecule has 27 heavy (non-hydrogen) atoms. The highest BCUT2D eigenvalue weighted by Crippen LogP contribution is 2.42. The molecule has 0 aromatic heterocycles. The largest absolute Gasteiger partial charge is 0.459 e. The molecule has 0 aromatic rings. The standard InChI is InChI=1S/C21H32O6/c1-20(2,26-18(22)12-5-7-14-16(9-12)24-14)11-21(3,4)27-19(23)13-6-8-15-17(10-13)25-15/h12-17H,5-11H2,1-4H3. The summed E-state index contributed by atoms with van der Waals surface area (Å²) in [6.45, 7) is 7.57. The number of rotatable bonds is 6. The van der Waals surface area contributed by atoms with Crippen molar-refractivity contribution >= 4 is 11.9 Å². The molecule has 0 N–H and O–H groups in total. The zero-order chi connectivity index (χ0) is 19.4. The van der Waals surface area contributed by atoms with Gasteiger partial charge in [-0.05, 0) is 66.2 Å². The molecule has 6 atom stereocenters. The minimum atomic E-state index is -0.695. The zero-order valence-electron chi connectivity index (χ0n) is 16.9. The van der Waals surface area contributed by atoms with E-state index in [2.05, 4.69) is 0 Å². The van der Waals surface area contributed by atoms with Crippen molar-refractivity contribution in [2.24, 2.45) is 11.8 Å². The van der Waals surface area contributed by atoms with Gasteiger partial charge in [0.2, 0.25) is 0 Å². The molecule has 2 aliphatic heterocycles. The highest BCUT2D eigenvalue weighted by molar-refractivity contribution is 5.74. The second-order valence-electron chi connectivity index (χ2n) is 9.98. The van der Waals surface area contributed by atoms with Crippen LogP contribution in [0.3, 0.4) is 0 Å². The van der Waals surface area contributed by atoms with Crippen LogP contribution in [0.25, 0.3) is 0 Å². The molecule has 0 radical (unpaired) electrons. The average Bonchev–Trinajstić information content (AvgIpc) is 3.44. The number of hydrogen-bond donors (Lipinski definition) is 0. The van der Waals surface area contributed by atoms with E-state index in [9.17, 15) is 9.59 Å². The van der Waals surface area contributed by atoms with E-state index in [1.165, 1.54) is 0 Å². The van der Waals surface area contributed by atoms with Crippen LogP contribution in [0.1, 0.15) is 72.6 Å². The van der Waals surface area contributed by atoms with Gasteiger partial charge in [0.15, 0.2) is 0 Å². The summed E-state index contributed by atoms with van der Waals surface area (Å²) in [5.74, 6) is -0.458. The second-order valence-corrected chi connectivity index (χ2v) is 9.98. The van der Waals surface area contributed by atoms with E-state index in [-0.39, 0.29) is 36.0 Å². The van der Waals surface area contributed by atoms with E-state index in [0.717, 1.165) is 38.5 Å². The van der Waals surface area contributed by atoms with E-state index >= 15 is 0 Å². The highest BCUT2D eigenvalue weighted by Gasteiger charge is 2.48. The zero-order valence-corrected chi connectivity index (χ0v) is 16.9. The van der Waals surface area contributed by atoms with Gasteiger partial charge in [-0.25, -0.2) is 0 Å². The van der Waals surface area contributed by atoms with E-state index < -0.39 is 11.2 Å². The third-order valence-electron chi connectivity index (χ3n) is 6.28. The lowest BCUT2D eigenvalue weighted by atomic mass is 9.87. The van der Waals surface area contributed by atoms with E-state index in [1.807, 2.05) is 27.7 Å². The van der Waals surface area contributed by atoms with Gasteiger partial charge >= 0.3 is 11.9 Å². The van der Waals surface area contributed by atoms with Crippen LogP contribution in [0.2, 0.25) is 0 Å². The maximum Gasteiger partial charge on any atom is 0.309 e. The predicted molar refractivity (Wildman–Crippen MR) is 97.0 cm³/mol. The number of hydrogen-bond acceptors (Lipinski definition) is 6. The van der Waals surface area contributed by atoms with Crippen LogP contribution in [0.5, 0.6) is 0 Å². The van der Waals surface area contributed by atoms with Crippen LogP contribution in [-0.2, 0) is 28.5 Å². The first-order valence-electron chi connectivity index (χ1n) is 10.4. The lowest BCUT2D eigenvalue weighted by molar-refractivity contribution is -0.176. The Morgan fingerprint density at radius 3 is 1.52 bits per heavy atom. The van der Waals surface area contributed by atoms with Crippen LogP contribution in [0.15, 0.2) is 0 Å². The van der Waals surface area contributed by atoms with Crippen LogP contribution in [-0.4, -0.2) is 47.6 Å². The number of epoxide rings is 2. The molecule has 2 saturated heterocycles. The van der Waals surface area contributed by atoms with Gasteiger partial charge in [0, 0.05) is 6.42 Å². The van der Waals surface area contributed by atoms with Crippen LogP contribution < -0.4 is 0 Å². The Bertz CT molecular complexity index is 560. The predicted octanol–water partition coefficient (Wildman–Crippen LogP) is 3.16. The summed E-state index contributed by atoms with van der Waals surface area (Å²) < 4.78 is 22.7. The van der Waals surface area contributed by atoms with Crippen molar-refractivity contribution in [1.82, 2.24) is 0 Å². The normalized spacial score (nSPS) is 37.6. The van der Waals surface area contributed by atoms with Gasteiger partial charge in [0.1, 0.15) is 11.2 Å². The monoisotopic (exact) mass is 380 g/mol. The fraction of sp³-hybridized carbons (Fsp3) is 0.905. The van der Waals surface area contributed by atoms with Crippen molar-refractivity contribution in [3.8, 4) is 0 Å². The third kappa shape index (κ3) is 4.65. The smallest absolute Gasteiger partial charge is 0.309 e. The van der Waals surface area contributed by atoms with Crippen LogP contribution >= 0.6 is 0 Å². The van der Waals surface area contributed by atoms with Crippen LogP contribution in [0, 0.1) is 11.8 Å².